The van der Waals surface area contributed by atoms with Crippen molar-refractivity contribution in [2.75, 3.05) is 20.2 Å². The molecule has 0 unspecified atom stereocenters. The molecule has 1 N–H and O–H groups in total. The number of benzene rings is 1. The van der Waals surface area contributed by atoms with Crippen molar-refractivity contribution in [3.8, 4) is 5.69 Å². The average molecular weight is 312 g/mol. The second-order valence-corrected chi connectivity index (χ2v) is 4.77. The molecule has 0 saturated heterocycles. The zero-order valence-corrected chi connectivity index (χ0v) is 11.6. The first-order valence-corrected chi connectivity index (χ1v) is 6.33. The molecule has 2 aromatic rings. The molecule has 0 aliphatic heterocycles. The van der Waals surface area contributed by atoms with Gasteiger partial charge in [0, 0.05) is 11.0 Å². The van der Waals surface area contributed by atoms with Crippen molar-refractivity contribution in [3.05, 3.63) is 34.6 Å². The maximum absolute atomic E-state index is 8.89. The summed E-state index contributed by atoms with van der Waals surface area (Å²) in [5.41, 5.74) is 0.898. The lowest BCUT2D eigenvalue weighted by molar-refractivity contribution is 0.213. The molecule has 0 aliphatic rings. The van der Waals surface area contributed by atoms with Crippen molar-refractivity contribution < 1.29 is 5.11 Å². The highest BCUT2D eigenvalue weighted by atomic mass is 79.9. The maximum Gasteiger partial charge on any atom is 0.170 e. The summed E-state index contributed by atoms with van der Waals surface area (Å²) in [6, 6.07) is 7.76. The van der Waals surface area contributed by atoms with Crippen LogP contribution in [0.5, 0.6) is 0 Å². The minimum Gasteiger partial charge on any atom is -0.395 e. The van der Waals surface area contributed by atoms with Crippen LogP contribution >= 0.6 is 15.9 Å². The largest absolute Gasteiger partial charge is 0.395 e. The lowest BCUT2D eigenvalue weighted by atomic mass is 10.3. The van der Waals surface area contributed by atoms with Crippen LogP contribution in [0.4, 0.5) is 0 Å². The molecule has 96 valence electrons. The number of tetrazole rings is 1. The third-order valence-electron chi connectivity index (χ3n) is 2.51. The lowest BCUT2D eigenvalue weighted by Gasteiger charge is -2.14. The molecular weight excluding hydrogens is 298 g/mol. The van der Waals surface area contributed by atoms with E-state index < -0.39 is 0 Å². The van der Waals surface area contributed by atoms with Crippen molar-refractivity contribution in [1.29, 1.82) is 0 Å². The van der Waals surface area contributed by atoms with Gasteiger partial charge in [0.15, 0.2) is 5.82 Å². The predicted octanol–water partition coefficient (Wildman–Crippen LogP) is 0.849. The van der Waals surface area contributed by atoms with Crippen LogP contribution in [0.25, 0.3) is 5.69 Å². The fourth-order valence-corrected chi connectivity index (χ4v) is 2.06. The number of hydrogen-bond donors (Lipinski definition) is 1. The highest BCUT2D eigenvalue weighted by molar-refractivity contribution is 9.10. The van der Waals surface area contributed by atoms with E-state index in [4.69, 9.17) is 5.11 Å². The van der Waals surface area contributed by atoms with E-state index in [0.29, 0.717) is 13.1 Å². The summed E-state index contributed by atoms with van der Waals surface area (Å²) in [5, 5.41) is 20.6. The Morgan fingerprint density at radius 2 is 2.17 bits per heavy atom. The zero-order chi connectivity index (χ0) is 13.0. The summed E-state index contributed by atoms with van der Waals surface area (Å²) in [7, 11) is 1.91. The molecule has 0 radical (unpaired) electrons. The van der Waals surface area contributed by atoms with Gasteiger partial charge in [0.1, 0.15) is 0 Å². The van der Waals surface area contributed by atoms with Gasteiger partial charge in [-0.25, -0.2) is 0 Å². The molecule has 18 heavy (non-hydrogen) atoms. The van der Waals surface area contributed by atoms with Gasteiger partial charge in [-0.2, -0.15) is 4.68 Å². The summed E-state index contributed by atoms with van der Waals surface area (Å²) < 4.78 is 2.63. The van der Waals surface area contributed by atoms with E-state index in [9.17, 15) is 0 Å². The number of aliphatic hydroxyl groups is 1. The molecule has 6 nitrogen and oxygen atoms in total. The highest BCUT2D eigenvalue weighted by Crippen LogP contribution is 2.20. The van der Waals surface area contributed by atoms with E-state index in [1.54, 1.807) is 4.68 Å². The van der Waals surface area contributed by atoms with Gasteiger partial charge < -0.3 is 5.11 Å². The lowest BCUT2D eigenvalue weighted by Crippen LogP contribution is -2.23. The number of nitrogens with zero attached hydrogens (tertiary/aromatic N) is 5. The van der Waals surface area contributed by atoms with Gasteiger partial charge >= 0.3 is 0 Å². The fourth-order valence-electron chi connectivity index (χ4n) is 1.61. The smallest absolute Gasteiger partial charge is 0.170 e. The zero-order valence-electron chi connectivity index (χ0n) is 9.99. The third-order valence-corrected chi connectivity index (χ3v) is 3.18. The molecule has 1 heterocycles. The number of rotatable bonds is 5. The van der Waals surface area contributed by atoms with Gasteiger partial charge in [-0.15, -0.1) is 5.10 Å². The van der Waals surface area contributed by atoms with Crippen molar-refractivity contribution >= 4 is 15.9 Å². The topological polar surface area (TPSA) is 67.1 Å². The second kappa shape index (κ2) is 6.03. The Labute approximate surface area is 113 Å². The van der Waals surface area contributed by atoms with Crippen molar-refractivity contribution in [2.24, 2.45) is 0 Å². The van der Waals surface area contributed by atoms with Crippen LogP contribution < -0.4 is 0 Å². The van der Waals surface area contributed by atoms with E-state index in [0.717, 1.165) is 16.0 Å². The molecule has 7 heteroatoms. The minimum atomic E-state index is 0.118. The first-order valence-electron chi connectivity index (χ1n) is 5.54. The fraction of sp³-hybridized carbons (Fsp3) is 0.364. The number of para-hydroxylation sites is 1. The Morgan fingerprint density at radius 3 is 2.89 bits per heavy atom. The van der Waals surface area contributed by atoms with Crippen LogP contribution in [0.1, 0.15) is 5.82 Å². The van der Waals surface area contributed by atoms with E-state index in [-0.39, 0.29) is 6.61 Å². The van der Waals surface area contributed by atoms with E-state index in [1.165, 1.54) is 0 Å². The molecule has 0 bridgehead atoms. The van der Waals surface area contributed by atoms with Gasteiger partial charge in [-0.1, -0.05) is 12.1 Å². The van der Waals surface area contributed by atoms with E-state index in [1.807, 2.05) is 36.2 Å². The molecule has 0 aliphatic carbocycles. The van der Waals surface area contributed by atoms with Crippen molar-refractivity contribution in [1.82, 2.24) is 25.1 Å². The van der Waals surface area contributed by atoms with Crippen molar-refractivity contribution in [3.63, 3.8) is 0 Å². The molecule has 0 fully saturated rings. The van der Waals surface area contributed by atoms with Gasteiger partial charge in [-0.3, -0.25) is 4.90 Å². The molecular formula is C11H14BrN5O. The average Bonchev–Trinajstić information content (AvgIpc) is 2.78. The number of aromatic nitrogens is 4. The predicted molar refractivity (Wildman–Crippen MR) is 70.3 cm³/mol. The summed E-state index contributed by atoms with van der Waals surface area (Å²) in [6.45, 7) is 1.28. The van der Waals surface area contributed by atoms with Gasteiger partial charge in [0.25, 0.3) is 0 Å². The Hall–Kier alpha value is -1.31. The molecule has 0 spiro atoms. The summed E-state index contributed by atoms with van der Waals surface area (Å²) in [5.74, 6) is 0.734. The SMILES string of the molecule is CN(CCO)Cc1nnnn1-c1ccccc1Br. The van der Waals surface area contributed by atoms with Crippen LogP contribution in [0.15, 0.2) is 28.7 Å². The van der Waals surface area contributed by atoms with Crippen LogP contribution in [-0.2, 0) is 6.54 Å². The van der Waals surface area contributed by atoms with Crippen LogP contribution in [0, 0.1) is 0 Å². The van der Waals surface area contributed by atoms with Crippen molar-refractivity contribution in [2.45, 2.75) is 6.54 Å². The highest BCUT2D eigenvalue weighted by Gasteiger charge is 2.12. The number of halogens is 1. The van der Waals surface area contributed by atoms with E-state index in [2.05, 4.69) is 31.5 Å². The molecule has 0 saturated carbocycles. The van der Waals surface area contributed by atoms with Gasteiger partial charge in [0.05, 0.1) is 18.8 Å². The maximum atomic E-state index is 8.89. The first-order chi connectivity index (χ1) is 8.72. The quantitative estimate of drug-likeness (QED) is 0.886. The Morgan fingerprint density at radius 1 is 1.39 bits per heavy atom. The van der Waals surface area contributed by atoms with Crippen LogP contribution in [-0.4, -0.2) is 50.4 Å². The molecule has 2 rings (SSSR count). The van der Waals surface area contributed by atoms with Gasteiger partial charge in [0.2, 0.25) is 0 Å². The number of likely N-dealkylation sites (N-methyl/N-ethyl adjacent to an activating group) is 1. The monoisotopic (exact) mass is 311 g/mol. The Bertz CT molecular complexity index is 516. The number of aliphatic hydroxyl groups excluding tert-OH is 1. The van der Waals surface area contributed by atoms with E-state index >= 15 is 0 Å². The minimum absolute atomic E-state index is 0.118. The molecule has 0 atom stereocenters. The molecule has 0 amide bonds. The van der Waals surface area contributed by atoms with Gasteiger partial charge in [-0.05, 0) is 45.5 Å². The Kier molecular flexibility index (Phi) is 4.40. The molecule has 1 aromatic heterocycles. The van der Waals surface area contributed by atoms with Crippen LogP contribution in [0.2, 0.25) is 0 Å². The standard InChI is InChI=1S/C11H14BrN5O/c1-16(6-7-18)8-11-13-14-15-17(11)10-5-3-2-4-9(10)12/h2-5,18H,6-8H2,1H3. The normalized spacial score (nSPS) is 11.1. The summed E-state index contributed by atoms with van der Waals surface area (Å²) >= 11 is 3.48. The summed E-state index contributed by atoms with van der Waals surface area (Å²) in [6.07, 6.45) is 0. The Balaban J connectivity index is 2.25. The molecule has 1 aromatic carbocycles. The summed E-state index contributed by atoms with van der Waals surface area (Å²) in [4.78, 5) is 1.96. The number of hydrogen-bond acceptors (Lipinski definition) is 5. The second-order valence-electron chi connectivity index (χ2n) is 3.92. The van der Waals surface area contributed by atoms with Crippen LogP contribution in [0.3, 0.4) is 0 Å². The first kappa shape index (κ1) is 13.1. The third kappa shape index (κ3) is 2.92.